The molecule has 1 aliphatic carbocycles. The van der Waals surface area contributed by atoms with Gasteiger partial charge in [0.05, 0.1) is 0 Å². The second-order valence-corrected chi connectivity index (χ2v) is 4.99. The summed E-state index contributed by atoms with van der Waals surface area (Å²) in [5, 5.41) is 0. The summed E-state index contributed by atoms with van der Waals surface area (Å²) in [6, 6.07) is 0. The number of allylic oxidation sites excluding steroid dienone is 3. The molecule has 0 atom stereocenters. The van der Waals surface area contributed by atoms with Crippen LogP contribution in [0.3, 0.4) is 0 Å². The first-order chi connectivity index (χ1) is 6.66. The number of hydrogen-bond donors (Lipinski definition) is 0. The van der Waals surface area contributed by atoms with Crippen LogP contribution in [0, 0.1) is 11.8 Å². The van der Waals surface area contributed by atoms with E-state index in [2.05, 4.69) is 37.8 Å². The van der Waals surface area contributed by atoms with Gasteiger partial charge in [-0.05, 0) is 43.3 Å². The molecular formula is C13H21N. The van der Waals surface area contributed by atoms with Crippen molar-refractivity contribution in [3.8, 4) is 0 Å². The summed E-state index contributed by atoms with van der Waals surface area (Å²) in [4.78, 5) is 2.52. The molecule has 0 aromatic heterocycles. The average Bonchev–Trinajstić information content (AvgIpc) is 2.92. The van der Waals surface area contributed by atoms with Crippen molar-refractivity contribution in [1.29, 1.82) is 0 Å². The third kappa shape index (κ3) is 2.20. The largest absolute Gasteiger partial charge is 0.371 e. The number of nitrogens with zero attached hydrogens (tertiary/aromatic N) is 1. The predicted molar refractivity (Wildman–Crippen MR) is 61.0 cm³/mol. The van der Waals surface area contributed by atoms with E-state index in [1.54, 1.807) is 0 Å². The van der Waals surface area contributed by atoms with Crippen LogP contribution in [0.25, 0.3) is 0 Å². The van der Waals surface area contributed by atoms with E-state index in [-0.39, 0.29) is 0 Å². The minimum absolute atomic E-state index is 0.674. The van der Waals surface area contributed by atoms with E-state index in [0.717, 1.165) is 12.5 Å². The van der Waals surface area contributed by atoms with Gasteiger partial charge in [-0.2, -0.15) is 0 Å². The van der Waals surface area contributed by atoms with Gasteiger partial charge in [0.15, 0.2) is 0 Å². The molecule has 0 N–H and O–H groups in total. The SMILES string of the molecule is CC1=CC(C(C)C)=CCN1CC1CC1. The Labute approximate surface area is 87.5 Å². The zero-order valence-electron chi connectivity index (χ0n) is 9.59. The molecule has 78 valence electrons. The number of rotatable bonds is 3. The summed E-state index contributed by atoms with van der Waals surface area (Å²) < 4.78 is 0. The van der Waals surface area contributed by atoms with Crippen LogP contribution in [-0.4, -0.2) is 18.0 Å². The van der Waals surface area contributed by atoms with Crippen LogP contribution < -0.4 is 0 Å². The summed E-state index contributed by atoms with van der Waals surface area (Å²) in [5.41, 5.74) is 2.97. The van der Waals surface area contributed by atoms with Crippen molar-refractivity contribution >= 4 is 0 Å². The maximum atomic E-state index is 2.52. The standard InChI is InChI=1S/C13H21N/c1-10(2)13-6-7-14(11(3)8-13)9-12-4-5-12/h6,8,10,12H,4-5,7,9H2,1-3H3. The van der Waals surface area contributed by atoms with Gasteiger partial charge in [-0.25, -0.2) is 0 Å². The molecule has 1 heteroatoms. The van der Waals surface area contributed by atoms with Gasteiger partial charge in [0.25, 0.3) is 0 Å². The van der Waals surface area contributed by atoms with E-state index in [4.69, 9.17) is 0 Å². The Bertz CT molecular complexity index is 269. The van der Waals surface area contributed by atoms with Crippen molar-refractivity contribution in [3.63, 3.8) is 0 Å². The first-order valence-corrected chi connectivity index (χ1v) is 5.80. The van der Waals surface area contributed by atoms with E-state index >= 15 is 0 Å². The van der Waals surface area contributed by atoms with Gasteiger partial charge in [0.1, 0.15) is 0 Å². The molecule has 2 aliphatic rings. The fraction of sp³-hybridized carbons (Fsp3) is 0.692. The van der Waals surface area contributed by atoms with E-state index in [9.17, 15) is 0 Å². The zero-order valence-corrected chi connectivity index (χ0v) is 9.59. The highest BCUT2D eigenvalue weighted by Crippen LogP contribution is 2.32. The van der Waals surface area contributed by atoms with E-state index in [1.807, 2.05) is 0 Å². The minimum atomic E-state index is 0.674. The lowest BCUT2D eigenvalue weighted by Gasteiger charge is -2.29. The molecule has 2 rings (SSSR count). The summed E-state index contributed by atoms with van der Waals surface area (Å²) in [6.07, 6.45) is 7.64. The van der Waals surface area contributed by atoms with Crippen LogP contribution >= 0.6 is 0 Å². The summed E-state index contributed by atoms with van der Waals surface area (Å²) in [7, 11) is 0. The van der Waals surface area contributed by atoms with Gasteiger partial charge >= 0.3 is 0 Å². The smallest absolute Gasteiger partial charge is 0.0362 e. The lowest BCUT2D eigenvalue weighted by Crippen LogP contribution is -2.27. The summed E-state index contributed by atoms with van der Waals surface area (Å²) in [6.45, 7) is 9.20. The Morgan fingerprint density at radius 2 is 2.14 bits per heavy atom. The Morgan fingerprint density at radius 1 is 1.43 bits per heavy atom. The lowest BCUT2D eigenvalue weighted by atomic mass is 9.99. The first kappa shape index (κ1) is 9.82. The van der Waals surface area contributed by atoms with E-state index in [1.165, 1.54) is 30.7 Å². The lowest BCUT2D eigenvalue weighted by molar-refractivity contribution is 0.356. The van der Waals surface area contributed by atoms with Crippen LogP contribution in [0.4, 0.5) is 0 Å². The van der Waals surface area contributed by atoms with Crippen LogP contribution in [-0.2, 0) is 0 Å². The second kappa shape index (κ2) is 3.80. The molecule has 1 aliphatic heterocycles. The first-order valence-electron chi connectivity index (χ1n) is 5.80. The van der Waals surface area contributed by atoms with Gasteiger partial charge < -0.3 is 4.90 Å². The summed E-state index contributed by atoms with van der Waals surface area (Å²) >= 11 is 0. The van der Waals surface area contributed by atoms with E-state index in [0.29, 0.717) is 5.92 Å². The van der Waals surface area contributed by atoms with Crippen molar-refractivity contribution in [1.82, 2.24) is 4.90 Å². The van der Waals surface area contributed by atoms with E-state index < -0.39 is 0 Å². The van der Waals surface area contributed by atoms with Gasteiger partial charge in [-0.3, -0.25) is 0 Å². The minimum Gasteiger partial charge on any atom is -0.371 e. The monoisotopic (exact) mass is 191 g/mol. The fourth-order valence-corrected chi connectivity index (χ4v) is 1.98. The quantitative estimate of drug-likeness (QED) is 0.662. The fourth-order valence-electron chi connectivity index (χ4n) is 1.98. The van der Waals surface area contributed by atoms with Crippen LogP contribution in [0.5, 0.6) is 0 Å². The third-order valence-electron chi connectivity index (χ3n) is 3.26. The van der Waals surface area contributed by atoms with Crippen LogP contribution in [0.2, 0.25) is 0 Å². The zero-order chi connectivity index (χ0) is 10.1. The maximum Gasteiger partial charge on any atom is 0.0362 e. The molecule has 14 heavy (non-hydrogen) atoms. The van der Waals surface area contributed by atoms with Crippen molar-refractivity contribution in [2.24, 2.45) is 11.8 Å². The molecular weight excluding hydrogens is 170 g/mol. The van der Waals surface area contributed by atoms with Crippen molar-refractivity contribution < 1.29 is 0 Å². The molecule has 0 spiro atoms. The van der Waals surface area contributed by atoms with Crippen LogP contribution in [0.1, 0.15) is 33.6 Å². The molecule has 1 fully saturated rings. The normalized spacial score (nSPS) is 22.4. The van der Waals surface area contributed by atoms with Gasteiger partial charge in [-0.15, -0.1) is 0 Å². The molecule has 0 bridgehead atoms. The number of hydrogen-bond acceptors (Lipinski definition) is 1. The Hall–Kier alpha value is -0.720. The van der Waals surface area contributed by atoms with Gasteiger partial charge in [0, 0.05) is 18.8 Å². The highest BCUT2D eigenvalue weighted by Gasteiger charge is 2.25. The second-order valence-electron chi connectivity index (χ2n) is 4.99. The maximum absolute atomic E-state index is 2.52. The predicted octanol–water partition coefficient (Wildman–Crippen LogP) is 3.20. The van der Waals surface area contributed by atoms with Gasteiger partial charge in [0.2, 0.25) is 0 Å². The third-order valence-corrected chi connectivity index (χ3v) is 3.26. The Morgan fingerprint density at radius 3 is 2.64 bits per heavy atom. The Balaban J connectivity index is 1.97. The molecule has 0 radical (unpaired) electrons. The highest BCUT2D eigenvalue weighted by molar-refractivity contribution is 5.28. The Kier molecular flexibility index (Phi) is 2.66. The molecule has 0 aromatic carbocycles. The molecule has 0 saturated heterocycles. The molecule has 0 unspecified atom stereocenters. The van der Waals surface area contributed by atoms with Crippen molar-refractivity contribution in [2.45, 2.75) is 33.6 Å². The van der Waals surface area contributed by atoms with Crippen molar-refractivity contribution in [3.05, 3.63) is 23.4 Å². The van der Waals surface area contributed by atoms with Crippen LogP contribution in [0.15, 0.2) is 23.4 Å². The highest BCUT2D eigenvalue weighted by atomic mass is 15.1. The summed E-state index contributed by atoms with van der Waals surface area (Å²) in [5.74, 6) is 1.67. The average molecular weight is 191 g/mol. The molecule has 1 nitrogen and oxygen atoms in total. The molecule has 0 aromatic rings. The van der Waals surface area contributed by atoms with Crippen molar-refractivity contribution in [2.75, 3.05) is 13.1 Å². The van der Waals surface area contributed by atoms with Gasteiger partial charge in [-0.1, -0.05) is 19.9 Å². The topological polar surface area (TPSA) is 3.24 Å². The molecule has 0 amide bonds. The molecule has 1 saturated carbocycles. The molecule has 1 heterocycles.